The van der Waals surface area contributed by atoms with Gasteiger partial charge in [0.15, 0.2) is 0 Å². The van der Waals surface area contributed by atoms with Crippen LogP contribution in [0.25, 0.3) is 0 Å². The summed E-state index contributed by atoms with van der Waals surface area (Å²) in [6, 6.07) is 30.1. The first-order valence-electron chi connectivity index (χ1n) is 11.1. The van der Waals surface area contributed by atoms with Crippen LogP contribution in [0.4, 0.5) is 0 Å². The van der Waals surface area contributed by atoms with Crippen molar-refractivity contribution in [3.63, 3.8) is 0 Å². The highest BCUT2D eigenvalue weighted by atomic mass is 16.5. The predicted octanol–water partition coefficient (Wildman–Crippen LogP) is 5.74. The number of carbonyl (C=O) groups excluding carboxylic acids is 1. The molecule has 0 aromatic heterocycles. The van der Waals surface area contributed by atoms with Crippen LogP contribution in [0, 0.1) is 11.3 Å². The van der Waals surface area contributed by atoms with Crippen LogP contribution >= 0.6 is 0 Å². The Morgan fingerprint density at radius 1 is 1.00 bits per heavy atom. The van der Waals surface area contributed by atoms with Crippen LogP contribution in [0.5, 0.6) is 5.75 Å². The third-order valence-corrected chi connectivity index (χ3v) is 6.56. The number of hydrogen-bond acceptors (Lipinski definition) is 3. The molecule has 0 saturated heterocycles. The number of carbonyl (C=O) groups is 1. The van der Waals surface area contributed by atoms with Gasteiger partial charge in [-0.15, -0.1) is 0 Å². The van der Waals surface area contributed by atoms with Crippen LogP contribution in [0.2, 0.25) is 0 Å². The number of nitriles is 1. The summed E-state index contributed by atoms with van der Waals surface area (Å²) in [6.45, 7) is 0.567. The molecule has 4 nitrogen and oxygen atoms in total. The van der Waals surface area contributed by atoms with Gasteiger partial charge in [0.2, 0.25) is 0 Å². The van der Waals surface area contributed by atoms with E-state index in [2.05, 4.69) is 18.2 Å². The molecule has 162 valence electrons. The molecule has 1 amide bonds. The number of benzene rings is 3. The van der Waals surface area contributed by atoms with Crippen molar-refractivity contribution >= 4 is 5.91 Å². The minimum absolute atomic E-state index is 0.0466. The lowest BCUT2D eigenvalue weighted by atomic mass is 9.69. The molecule has 0 atom stereocenters. The molecule has 1 saturated carbocycles. The monoisotopic (exact) mass is 424 g/mol. The van der Waals surface area contributed by atoms with Gasteiger partial charge in [0.05, 0.1) is 18.6 Å². The van der Waals surface area contributed by atoms with E-state index in [0.29, 0.717) is 24.9 Å². The first-order valence-corrected chi connectivity index (χ1v) is 11.1. The largest absolute Gasteiger partial charge is 0.497 e. The van der Waals surface area contributed by atoms with E-state index in [-0.39, 0.29) is 11.9 Å². The quantitative estimate of drug-likeness (QED) is 0.507. The fourth-order valence-electron chi connectivity index (χ4n) is 4.69. The SMILES string of the molecule is COc1cccc([C@]2(C#N)CC[C@@H](N(Cc3ccccc3)C(=O)c3ccccc3)CC2)c1. The summed E-state index contributed by atoms with van der Waals surface area (Å²) in [6.07, 6.45) is 3.01. The van der Waals surface area contributed by atoms with E-state index in [4.69, 9.17) is 4.74 Å². The second-order valence-electron chi connectivity index (χ2n) is 8.44. The van der Waals surface area contributed by atoms with E-state index in [9.17, 15) is 10.1 Å². The molecule has 4 heteroatoms. The summed E-state index contributed by atoms with van der Waals surface area (Å²) in [5, 5.41) is 10.1. The van der Waals surface area contributed by atoms with Crippen molar-refractivity contribution in [3.8, 4) is 11.8 Å². The van der Waals surface area contributed by atoms with Crippen molar-refractivity contribution in [1.29, 1.82) is 5.26 Å². The molecular formula is C28H28N2O2. The van der Waals surface area contributed by atoms with Crippen LogP contribution in [0.3, 0.4) is 0 Å². The third-order valence-electron chi connectivity index (χ3n) is 6.56. The van der Waals surface area contributed by atoms with Gasteiger partial charge in [-0.2, -0.15) is 5.26 Å². The average molecular weight is 425 g/mol. The van der Waals surface area contributed by atoms with E-state index in [1.165, 1.54) is 0 Å². The molecule has 0 heterocycles. The zero-order valence-corrected chi connectivity index (χ0v) is 18.4. The second kappa shape index (κ2) is 9.70. The highest BCUT2D eigenvalue weighted by Crippen LogP contribution is 2.41. The van der Waals surface area contributed by atoms with Gasteiger partial charge in [0.1, 0.15) is 5.75 Å². The van der Waals surface area contributed by atoms with Gasteiger partial charge < -0.3 is 9.64 Å². The lowest BCUT2D eigenvalue weighted by Crippen LogP contribution is -2.44. The topological polar surface area (TPSA) is 53.3 Å². The van der Waals surface area contributed by atoms with Crippen molar-refractivity contribution < 1.29 is 9.53 Å². The van der Waals surface area contributed by atoms with E-state index < -0.39 is 5.41 Å². The van der Waals surface area contributed by atoms with Gasteiger partial charge in [-0.1, -0.05) is 60.7 Å². The highest BCUT2D eigenvalue weighted by molar-refractivity contribution is 5.94. The van der Waals surface area contributed by atoms with Gasteiger partial charge in [-0.05, 0) is 61.1 Å². The average Bonchev–Trinajstić information content (AvgIpc) is 2.88. The Balaban J connectivity index is 1.58. The maximum absolute atomic E-state index is 13.5. The molecule has 32 heavy (non-hydrogen) atoms. The van der Waals surface area contributed by atoms with Crippen molar-refractivity contribution in [2.45, 2.75) is 43.7 Å². The molecule has 0 spiro atoms. The molecule has 3 aromatic rings. The Morgan fingerprint density at radius 3 is 2.28 bits per heavy atom. The lowest BCUT2D eigenvalue weighted by Gasteiger charge is -2.40. The van der Waals surface area contributed by atoms with Crippen LogP contribution in [0.1, 0.15) is 47.2 Å². The summed E-state index contributed by atoms with van der Waals surface area (Å²) >= 11 is 0. The fourth-order valence-corrected chi connectivity index (χ4v) is 4.69. The van der Waals surface area contributed by atoms with E-state index in [1.807, 2.05) is 77.7 Å². The number of methoxy groups -OCH3 is 1. The number of nitrogens with zero attached hydrogens (tertiary/aromatic N) is 2. The van der Waals surface area contributed by atoms with Crippen LogP contribution in [-0.2, 0) is 12.0 Å². The molecular weight excluding hydrogens is 396 g/mol. The minimum Gasteiger partial charge on any atom is -0.497 e. The van der Waals surface area contributed by atoms with E-state index >= 15 is 0 Å². The zero-order chi connectivity index (χ0) is 22.4. The molecule has 0 aliphatic heterocycles. The maximum Gasteiger partial charge on any atom is 0.254 e. The lowest BCUT2D eigenvalue weighted by molar-refractivity contribution is 0.0589. The van der Waals surface area contributed by atoms with Crippen LogP contribution < -0.4 is 4.74 Å². The van der Waals surface area contributed by atoms with E-state index in [1.54, 1.807) is 7.11 Å². The number of ether oxygens (including phenoxy) is 1. The summed E-state index contributed by atoms with van der Waals surface area (Å²) in [7, 11) is 1.64. The van der Waals surface area contributed by atoms with Crippen molar-refractivity contribution in [1.82, 2.24) is 4.90 Å². The first kappa shape index (κ1) is 21.6. The second-order valence-corrected chi connectivity index (χ2v) is 8.44. The number of rotatable bonds is 6. The van der Waals surface area contributed by atoms with Crippen molar-refractivity contribution in [2.75, 3.05) is 7.11 Å². The molecule has 1 fully saturated rings. The van der Waals surface area contributed by atoms with Crippen LogP contribution in [-0.4, -0.2) is 24.0 Å². The van der Waals surface area contributed by atoms with Crippen molar-refractivity contribution in [3.05, 3.63) is 102 Å². The normalized spacial score (nSPS) is 20.2. The highest BCUT2D eigenvalue weighted by Gasteiger charge is 2.40. The van der Waals surface area contributed by atoms with Gasteiger partial charge in [-0.3, -0.25) is 4.79 Å². The Kier molecular flexibility index (Phi) is 6.56. The molecule has 4 rings (SSSR count). The smallest absolute Gasteiger partial charge is 0.254 e. The number of hydrogen-bond donors (Lipinski definition) is 0. The summed E-state index contributed by atoms with van der Waals surface area (Å²) < 4.78 is 5.38. The molecule has 0 unspecified atom stereocenters. The molecule has 3 aromatic carbocycles. The summed E-state index contributed by atoms with van der Waals surface area (Å²) in [4.78, 5) is 15.5. The minimum atomic E-state index is -0.542. The Bertz CT molecular complexity index is 1080. The van der Waals surface area contributed by atoms with Crippen molar-refractivity contribution in [2.24, 2.45) is 0 Å². The standard InChI is InChI=1S/C28H28N2O2/c1-32-26-14-8-13-24(19-26)28(21-29)17-15-25(16-18-28)30(20-22-9-4-2-5-10-22)27(31)23-11-6-3-7-12-23/h2-14,19,25H,15-18,20H2,1H3/t25-,28-. The van der Waals surface area contributed by atoms with Crippen LogP contribution in [0.15, 0.2) is 84.9 Å². The molecule has 0 bridgehead atoms. The van der Waals surface area contributed by atoms with Gasteiger partial charge in [0.25, 0.3) is 5.91 Å². The molecule has 1 aliphatic rings. The van der Waals surface area contributed by atoms with Gasteiger partial charge in [0, 0.05) is 18.2 Å². The third kappa shape index (κ3) is 4.53. The van der Waals surface area contributed by atoms with Gasteiger partial charge in [-0.25, -0.2) is 0 Å². The Labute approximate surface area is 190 Å². The Hall–Kier alpha value is -3.58. The van der Waals surface area contributed by atoms with Gasteiger partial charge >= 0.3 is 0 Å². The predicted molar refractivity (Wildman–Crippen MR) is 125 cm³/mol. The van der Waals surface area contributed by atoms with E-state index in [0.717, 1.165) is 29.7 Å². The summed E-state index contributed by atoms with van der Waals surface area (Å²) in [5.74, 6) is 0.814. The fraction of sp³-hybridized carbons (Fsp3) is 0.286. The zero-order valence-electron chi connectivity index (χ0n) is 18.4. The first-order chi connectivity index (χ1) is 15.6. The molecule has 1 aliphatic carbocycles. The maximum atomic E-state index is 13.5. The Morgan fingerprint density at radius 2 is 1.66 bits per heavy atom. The summed E-state index contributed by atoms with van der Waals surface area (Å²) in [5.41, 5.74) is 2.27. The number of amides is 1. The molecule has 0 N–H and O–H groups in total. The molecule has 0 radical (unpaired) electrons.